The Hall–Kier alpha value is -1.20. The van der Waals surface area contributed by atoms with E-state index in [9.17, 15) is 18.7 Å². The normalized spacial score (nSPS) is 29.1. The number of hydrogen-bond donors (Lipinski definition) is 1. The van der Waals surface area contributed by atoms with E-state index in [-0.39, 0.29) is 11.1 Å². The van der Waals surface area contributed by atoms with Crippen molar-refractivity contribution in [1.82, 2.24) is 0 Å². The lowest BCUT2D eigenvalue weighted by atomic mass is 9.71. The summed E-state index contributed by atoms with van der Waals surface area (Å²) in [6.07, 6.45) is 3.93. The molecule has 20 heavy (non-hydrogen) atoms. The molecule has 0 heterocycles. The molecule has 2 atom stereocenters. The minimum atomic E-state index is -2.68. The Labute approximate surface area is 127 Å². The third-order valence-electron chi connectivity index (χ3n) is 3.34. The smallest absolute Gasteiger partial charge is 0.323 e. The zero-order valence-corrected chi connectivity index (χ0v) is 12.7. The molecule has 2 nitrogen and oxygen atoms in total. The van der Waals surface area contributed by atoms with Crippen molar-refractivity contribution < 1.29 is 18.7 Å². The Bertz CT molecular complexity index is 620. The van der Waals surface area contributed by atoms with E-state index in [4.69, 9.17) is 11.6 Å². The van der Waals surface area contributed by atoms with Gasteiger partial charge in [0, 0.05) is 4.47 Å². The Morgan fingerprint density at radius 2 is 2.05 bits per heavy atom. The van der Waals surface area contributed by atoms with E-state index in [1.165, 1.54) is 25.1 Å². The standard InChI is InChI=1S/C14H10BrClF2O2/c1-8-3-2-4-13(12(19)20,14(8,16)18)9-5-10(15)7-11(17)6-9/h2-7H,1H3,(H,19,20). The van der Waals surface area contributed by atoms with Gasteiger partial charge in [0.05, 0.1) is 0 Å². The average molecular weight is 364 g/mol. The van der Waals surface area contributed by atoms with Crippen LogP contribution in [0.25, 0.3) is 0 Å². The quantitative estimate of drug-likeness (QED) is 0.794. The number of benzene rings is 1. The molecule has 0 saturated heterocycles. The van der Waals surface area contributed by atoms with Crippen LogP contribution in [-0.4, -0.2) is 16.2 Å². The van der Waals surface area contributed by atoms with Crippen LogP contribution in [-0.2, 0) is 10.2 Å². The number of halogens is 4. The molecule has 106 valence electrons. The molecule has 1 aliphatic rings. The Morgan fingerprint density at radius 1 is 1.40 bits per heavy atom. The monoisotopic (exact) mass is 362 g/mol. The van der Waals surface area contributed by atoms with Gasteiger partial charge in [-0.1, -0.05) is 45.8 Å². The highest BCUT2D eigenvalue weighted by Crippen LogP contribution is 2.50. The van der Waals surface area contributed by atoms with Crippen molar-refractivity contribution in [1.29, 1.82) is 0 Å². The lowest BCUT2D eigenvalue weighted by Crippen LogP contribution is -2.51. The van der Waals surface area contributed by atoms with Crippen LogP contribution in [0.15, 0.2) is 46.5 Å². The topological polar surface area (TPSA) is 37.3 Å². The van der Waals surface area contributed by atoms with Gasteiger partial charge in [0.25, 0.3) is 0 Å². The van der Waals surface area contributed by atoms with Crippen molar-refractivity contribution in [3.63, 3.8) is 0 Å². The predicted octanol–water partition coefficient (Wildman–Crippen LogP) is 4.33. The summed E-state index contributed by atoms with van der Waals surface area (Å²) in [5.74, 6) is -2.17. The number of aliphatic carboxylic acids is 1. The summed E-state index contributed by atoms with van der Waals surface area (Å²) in [7, 11) is 0. The summed E-state index contributed by atoms with van der Waals surface area (Å²) >= 11 is 8.94. The Balaban J connectivity index is 2.77. The highest BCUT2D eigenvalue weighted by molar-refractivity contribution is 9.10. The number of alkyl halides is 2. The first-order valence-corrected chi connectivity index (χ1v) is 6.83. The molecule has 2 unspecified atom stereocenters. The molecule has 1 aliphatic carbocycles. The number of carboxylic acids is 1. The summed E-state index contributed by atoms with van der Waals surface area (Å²) in [5, 5.41) is 6.86. The van der Waals surface area contributed by atoms with Gasteiger partial charge in [0.1, 0.15) is 5.82 Å². The van der Waals surface area contributed by atoms with Crippen LogP contribution in [0.4, 0.5) is 8.78 Å². The molecule has 0 spiro atoms. The molecule has 0 radical (unpaired) electrons. The van der Waals surface area contributed by atoms with Crippen molar-refractivity contribution in [2.24, 2.45) is 0 Å². The third kappa shape index (κ3) is 2.09. The number of carboxylic acid groups (broad SMARTS) is 1. The van der Waals surface area contributed by atoms with Crippen molar-refractivity contribution in [2.45, 2.75) is 17.5 Å². The van der Waals surface area contributed by atoms with Crippen LogP contribution in [0.5, 0.6) is 0 Å². The van der Waals surface area contributed by atoms with Gasteiger partial charge in [-0.05, 0) is 36.3 Å². The molecule has 1 aromatic rings. The summed E-state index contributed by atoms with van der Waals surface area (Å²) in [6.45, 7) is 1.39. The maximum atomic E-state index is 14.9. The lowest BCUT2D eigenvalue weighted by Gasteiger charge is -2.39. The molecular formula is C14H10BrClF2O2. The Kier molecular flexibility index (Phi) is 3.77. The number of allylic oxidation sites excluding steroid dienone is 3. The van der Waals surface area contributed by atoms with E-state index >= 15 is 0 Å². The van der Waals surface area contributed by atoms with Gasteiger partial charge in [-0.3, -0.25) is 4.79 Å². The molecule has 0 aromatic heterocycles. The van der Waals surface area contributed by atoms with Gasteiger partial charge >= 0.3 is 5.97 Å². The van der Waals surface area contributed by atoms with E-state index < -0.39 is 22.3 Å². The summed E-state index contributed by atoms with van der Waals surface area (Å²) in [5.41, 5.74) is -2.21. The number of hydrogen-bond acceptors (Lipinski definition) is 1. The van der Waals surface area contributed by atoms with Crippen LogP contribution in [0.2, 0.25) is 0 Å². The molecule has 6 heteroatoms. The second-order valence-corrected chi connectivity index (χ2v) is 5.99. The van der Waals surface area contributed by atoms with Gasteiger partial charge < -0.3 is 5.11 Å². The minimum absolute atomic E-state index is 0.0458. The average Bonchev–Trinajstić information content (AvgIpc) is 2.30. The third-order valence-corrected chi connectivity index (χ3v) is 4.39. The molecule has 0 amide bonds. The first-order valence-electron chi connectivity index (χ1n) is 5.66. The van der Waals surface area contributed by atoms with Gasteiger partial charge in [-0.25, -0.2) is 8.78 Å². The van der Waals surface area contributed by atoms with Gasteiger partial charge in [-0.15, -0.1) is 0 Å². The molecule has 2 rings (SSSR count). The highest BCUT2D eigenvalue weighted by Gasteiger charge is 2.59. The van der Waals surface area contributed by atoms with E-state index in [0.717, 1.165) is 18.2 Å². The van der Waals surface area contributed by atoms with Crippen molar-refractivity contribution in [3.05, 3.63) is 57.9 Å². The van der Waals surface area contributed by atoms with E-state index in [0.29, 0.717) is 4.47 Å². The molecule has 0 bridgehead atoms. The molecular weight excluding hydrogens is 354 g/mol. The van der Waals surface area contributed by atoms with Gasteiger partial charge in [0.2, 0.25) is 5.13 Å². The van der Waals surface area contributed by atoms with Crippen molar-refractivity contribution in [2.75, 3.05) is 0 Å². The maximum absolute atomic E-state index is 14.9. The molecule has 0 fully saturated rings. The van der Waals surface area contributed by atoms with Gasteiger partial charge in [0.15, 0.2) is 5.41 Å². The van der Waals surface area contributed by atoms with E-state index in [1.807, 2.05) is 0 Å². The second kappa shape index (κ2) is 4.97. The fourth-order valence-electron chi connectivity index (χ4n) is 2.25. The predicted molar refractivity (Wildman–Crippen MR) is 76.0 cm³/mol. The highest BCUT2D eigenvalue weighted by atomic mass is 79.9. The number of carbonyl (C=O) groups is 1. The Morgan fingerprint density at radius 3 is 2.60 bits per heavy atom. The lowest BCUT2D eigenvalue weighted by molar-refractivity contribution is -0.144. The first kappa shape index (κ1) is 15.2. The summed E-state index contributed by atoms with van der Waals surface area (Å²) in [4.78, 5) is 11.7. The number of rotatable bonds is 2. The van der Waals surface area contributed by atoms with Crippen molar-refractivity contribution in [3.8, 4) is 0 Å². The zero-order chi connectivity index (χ0) is 15.1. The maximum Gasteiger partial charge on any atom is 0.323 e. The fourth-order valence-corrected chi connectivity index (χ4v) is 3.03. The van der Waals surface area contributed by atoms with Crippen molar-refractivity contribution >= 4 is 33.5 Å². The molecule has 1 N–H and O–H groups in total. The van der Waals surface area contributed by atoms with Crippen LogP contribution >= 0.6 is 27.5 Å². The van der Waals surface area contributed by atoms with Crippen LogP contribution in [0, 0.1) is 5.82 Å². The summed E-state index contributed by atoms with van der Waals surface area (Å²) < 4.78 is 28.8. The van der Waals surface area contributed by atoms with E-state index in [2.05, 4.69) is 15.9 Å². The zero-order valence-electron chi connectivity index (χ0n) is 10.3. The molecule has 0 aliphatic heterocycles. The largest absolute Gasteiger partial charge is 0.480 e. The molecule has 0 saturated carbocycles. The SMILES string of the molecule is CC1=CC=CC(C(=O)O)(c2cc(F)cc(Br)c2)C1(F)Cl. The molecule has 1 aromatic carbocycles. The van der Waals surface area contributed by atoms with Crippen LogP contribution in [0.3, 0.4) is 0 Å². The minimum Gasteiger partial charge on any atom is -0.480 e. The second-order valence-electron chi connectivity index (χ2n) is 4.55. The van der Waals surface area contributed by atoms with Crippen LogP contribution < -0.4 is 0 Å². The fraction of sp³-hybridized carbons (Fsp3) is 0.214. The van der Waals surface area contributed by atoms with E-state index in [1.54, 1.807) is 0 Å². The first-order chi connectivity index (χ1) is 9.21. The van der Waals surface area contributed by atoms with Gasteiger partial charge in [-0.2, -0.15) is 0 Å². The summed E-state index contributed by atoms with van der Waals surface area (Å²) in [6, 6.07) is 3.47. The van der Waals surface area contributed by atoms with Crippen LogP contribution in [0.1, 0.15) is 12.5 Å².